The molecule has 1 N–H and O–H groups in total. The van der Waals surface area contributed by atoms with Crippen LogP contribution in [0.15, 0.2) is 78.9 Å². The van der Waals surface area contributed by atoms with Gasteiger partial charge in [-0.1, -0.05) is 48.0 Å². The normalized spacial score (nSPS) is 10.7. The Morgan fingerprint density at radius 2 is 1.57 bits per heavy atom. The number of halogens is 1. The molecule has 5 nitrogen and oxygen atoms in total. The number of ether oxygens (including phenoxy) is 1. The zero-order chi connectivity index (χ0) is 24.9. The maximum absolute atomic E-state index is 13.3. The first-order valence-corrected chi connectivity index (χ1v) is 11.8. The summed E-state index contributed by atoms with van der Waals surface area (Å²) in [4.78, 5) is 27.4. The highest BCUT2D eigenvalue weighted by molar-refractivity contribution is 6.32. The summed E-state index contributed by atoms with van der Waals surface area (Å²) in [5.41, 5.74) is 3.80. The van der Waals surface area contributed by atoms with Gasteiger partial charge in [0.15, 0.2) is 6.61 Å². The number of fused-ring (bicyclic) bond motifs is 1. The summed E-state index contributed by atoms with van der Waals surface area (Å²) in [5.74, 6) is 0.201. The molecular formula is C29H27ClN2O3. The number of nitrogens with one attached hydrogen (secondary N) is 1. The number of rotatable bonds is 7. The van der Waals surface area contributed by atoms with E-state index in [2.05, 4.69) is 5.32 Å². The van der Waals surface area contributed by atoms with Gasteiger partial charge in [-0.05, 0) is 79.7 Å². The Labute approximate surface area is 210 Å². The fourth-order valence-electron chi connectivity index (χ4n) is 4.05. The maximum Gasteiger partial charge on any atom is 0.262 e. The van der Waals surface area contributed by atoms with Crippen LogP contribution in [-0.4, -0.2) is 25.0 Å². The molecule has 0 radical (unpaired) electrons. The van der Waals surface area contributed by atoms with Crippen molar-refractivity contribution in [1.82, 2.24) is 0 Å². The average Bonchev–Trinajstić information content (AvgIpc) is 2.87. The van der Waals surface area contributed by atoms with E-state index < -0.39 is 0 Å². The third-order valence-corrected chi connectivity index (χ3v) is 6.41. The largest absolute Gasteiger partial charge is 0.484 e. The highest BCUT2D eigenvalue weighted by Crippen LogP contribution is 2.28. The Hall–Kier alpha value is -3.83. The van der Waals surface area contributed by atoms with Crippen LogP contribution in [0.5, 0.6) is 5.75 Å². The standard InChI is InChI=1S/C29H27ClN2O3/c1-4-32(26-11-7-9-21-8-5-6-10-25(21)26)29(34)22-12-14-23(15-13-22)31-27(33)18-35-24-16-19(2)28(30)20(3)17-24/h5-17H,4,18H2,1-3H3,(H,31,33). The molecule has 0 saturated carbocycles. The fourth-order valence-corrected chi connectivity index (χ4v) is 4.16. The Morgan fingerprint density at radius 1 is 0.914 bits per heavy atom. The SMILES string of the molecule is CCN(C(=O)c1ccc(NC(=O)COc2cc(C)c(Cl)c(C)c2)cc1)c1cccc2ccccc12. The minimum atomic E-state index is -0.291. The molecule has 4 aromatic carbocycles. The van der Waals surface area contributed by atoms with Crippen molar-refractivity contribution in [3.05, 3.63) is 101 Å². The van der Waals surface area contributed by atoms with E-state index in [1.807, 2.05) is 63.2 Å². The van der Waals surface area contributed by atoms with Crippen molar-refractivity contribution in [2.45, 2.75) is 20.8 Å². The minimum Gasteiger partial charge on any atom is -0.484 e. The molecule has 4 rings (SSSR count). The minimum absolute atomic E-state index is 0.0986. The summed E-state index contributed by atoms with van der Waals surface area (Å²) in [6.45, 7) is 6.15. The summed E-state index contributed by atoms with van der Waals surface area (Å²) < 4.78 is 5.62. The molecule has 0 aliphatic heterocycles. The second-order valence-corrected chi connectivity index (χ2v) is 8.71. The van der Waals surface area contributed by atoms with E-state index >= 15 is 0 Å². The van der Waals surface area contributed by atoms with Crippen molar-refractivity contribution in [1.29, 1.82) is 0 Å². The number of anilines is 2. The van der Waals surface area contributed by atoms with Crippen molar-refractivity contribution in [3.8, 4) is 5.75 Å². The van der Waals surface area contributed by atoms with Crippen LogP contribution in [-0.2, 0) is 4.79 Å². The van der Waals surface area contributed by atoms with Gasteiger partial charge in [0.2, 0.25) is 0 Å². The molecule has 0 atom stereocenters. The van der Waals surface area contributed by atoms with Gasteiger partial charge < -0.3 is 15.0 Å². The first-order valence-electron chi connectivity index (χ1n) is 11.5. The van der Waals surface area contributed by atoms with Gasteiger partial charge in [0.1, 0.15) is 5.75 Å². The monoisotopic (exact) mass is 486 g/mol. The molecule has 178 valence electrons. The summed E-state index contributed by atoms with van der Waals surface area (Å²) in [5, 5.41) is 5.61. The van der Waals surface area contributed by atoms with Gasteiger partial charge in [-0.25, -0.2) is 0 Å². The maximum atomic E-state index is 13.3. The lowest BCUT2D eigenvalue weighted by Crippen LogP contribution is -2.30. The Bertz CT molecular complexity index is 1350. The van der Waals surface area contributed by atoms with Crippen molar-refractivity contribution in [2.75, 3.05) is 23.4 Å². The molecule has 0 unspecified atom stereocenters. The lowest BCUT2D eigenvalue weighted by atomic mass is 10.1. The molecule has 0 spiro atoms. The number of carbonyl (C=O) groups is 2. The number of hydrogen-bond donors (Lipinski definition) is 1. The van der Waals surface area contributed by atoms with E-state index in [4.69, 9.17) is 16.3 Å². The van der Waals surface area contributed by atoms with Crippen LogP contribution in [0.4, 0.5) is 11.4 Å². The molecule has 0 aromatic heterocycles. The van der Waals surface area contributed by atoms with Crippen molar-refractivity contribution in [2.24, 2.45) is 0 Å². The summed E-state index contributed by atoms with van der Waals surface area (Å²) in [7, 11) is 0. The van der Waals surface area contributed by atoms with Gasteiger partial charge in [-0.15, -0.1) is 0 Å². The smallest absolute Gasteiger partial charge is 0.262 e. The van der Waals surface area contributed by atoms with Crippen LogP contribution < -0.4 is 15.0 Å². The van der Waals surface area contributed by atoms with E-state index in [-0.39, 0.29) is 18.4 Å². The van der Waals surface area contributed by atoms with Crippen LogP contribution >= 0.6 is 11.6 Å². The molecule has 0 aliphatic rings. The second kappa shape index (κ2) is 10.6. The van der Waals surface area contributed by atoms with E-state index in [1.165, 1.54) is 0 Å². The third-order valence-electron chi connectivity index (χ3n) is 5.81. The zero-order valence-corrected chi connectivity index (χ0v) is 20.7. The fraction of sp³-hybridized carbons (Fsp3) is 0.172. The molecule has 0 bridgehead atoms. The van der Waals surface area contributed by atoms with Gasteiger partial charge in [0.05, 0.1) is 5.69 Å². The molecule has 0 heterocycles. The number of hydrogen-bond acceptors (Lipinski definition) is 3. The van der Waals surface area contributed by atoms with E-state index in [1.54, 1.807) is 41.3 Å². The lowest BCUT2D eigenvalue weighted by Gasteiger charge is -2.23. The second-order valence-electron chi connectivity index (χ2n) is 8.33. The quantitative estimate of drug-likeness (QED) is 0.312. The predicted octanol–water partition coefficient (Wildman–Crippen LogP) is 6.79. The van der Waals surface area contributed by atoms with Gasteiger partial charge >= 0.3 is 0 Å². The van der Waals surface area contributed by atoms with Crippen LogP contribution in [0.25, 0.3) is 10.8 Å². The zero-order valence-electron chi connectivity index (χ0n) is 20.0. The number of aryl methyl sites for hydroxylation is 2. The van der Waals surface area contributed by atoms with Crippen LogP contribution in [0.3, 0.4) is 0 Å². The predicted molar refractivity (Wildman–Crippen MR) is 143 cm³/mol. The average molecular weight is 487 g/mol. The van der Waals surface area contributed by atoms with E-state index in [0.29, 0.717) is 28.6 Å². The number of benzene rings is 4. The Balaban J connectivity index is 1.42. The van der Waals surface area contributed by atoms with Crippen molar-refractivity contribution in [3.63, 3.8) is 0 Å². The number of amides is 2. The molecular weight excluding hydrogens is 460 g/mol. The molecule has 6 heteroatoms. The van der Waals surface area contributed by atoms with E-state index in [9.17, 15) is 9.59 Å². The number of carbonyl (C=O) groups excluding carboxylic acids is 2. The van der Waals surface area contributed by atoms with Gasteiger partial charge in [0, 0.05) is 28.2 Å². The summed E-state index contributed by atoms with van der Waals surface area (Å²) in [6.07, 6.45) is 0. The first kappa shape index (κ1) is 24.3. The van der Waals surface area contributed by atoms with Crippen molar-refractivity contribution < 1.29 is 14.3 Å². The molecule has 0 aliphatic carbocycles. The summed E-state index contributed by atoms with van der Waals surface area (Å²) >= 11 is 6.18. The van der Waals surface area contributed by atoms with Crippen LogP contribution in [0.1, 0.15) is 28.4 Å². The van der Waals surface area contributed by atoms with E-state index in [0.717, 1.165) is 27.6 Å². The molecule has 4 aromatic rings. The van der Waals surface area contributed by atoms with Crippen LogP contribution in [0, 0.1) is 13.8 Å². The van der Waals surface area contributed by atoms with Gasteiger partial charge in [0.25, 0.3) is 11.8 Å². The summed E-state index contributed by atoms with van der Waals surface area (Å²) in [6, 6.07) is 24.5. The highest BCUT2D eigenvalue weighted by Gasteiger charge is 2.18. The lowest BCUT2D eigenvalue weighted by molar-refractivity contribution is -0.118. The van der Waals surface area contributed by atoms with Gasteiger partial charge in [-0.3, -0.25) is 9.59 Å². The topological polar surface area (TPSA) is 58.6 Å². The highest BCUT2D eigenvalue weighted by atomic mass is 35.5. The Morgan fingerprint density at radius 3 is 2.26 bits per heavy atom. The van der Waals surface area contributed by atoms with Crippen LogP contribution in [0.2, 0.25) is 5.02 Å². The first-order chi connectivity index (χ1) is 16.9. The van der Waals surface area contributed by atoms with Crippen molar-refractivity contribution >= 4 is 45.6 Å². The number of nitrogens with zero attached hydrogens (tertiary/aromatic N) is 1. The molecule has 0 saturated heterocycles. The molecule has 0 fully saturated rings. The molecule has 2 amide bonds. The van der Waals surface area contributed by atoms with Gasteiger partial charge in [-0.2, -0.15) is 0 Å². The Kier molecular flexibility index (Phi) is 7.37. The third kappa shape index (κ3) is 5.47. The molecule has 35 heavy (non-hydrogen) atoms.